The van der Waals surface area contributed by atoms with Crippen LogP contribution in [0, 0.1) is 0 Å². The molecular formula is C17H29NO. The fourth-order valence-corrected chi connectivity index (χ4v) is 2.10. The SMILES string of the molecule is CCCCCCCCOc1ccc(C(C)CN)cc1. The van der Waals surface area contributed by atoms with Crippen molar-refractivity contribution in [1.82, 2.24) is 0 Å². The number of unbranched alkanes of at least 4 members (excludes halogenated alkanes) is 5. The van der Waals surface area contributed by atoms with E-state index in [1.165, 1.54) is 37.7 Å². The van der Waals surface area contributed by atoms with Crippen molar-refractivity contribution in [2.75, 3.05) is 13.2 Å². The summed E-state index contributed by atoms with van der Waals surface area (Å²) in [5.74, 6) is 1.40. The molecule has 2 N–H and O–H groups in total. The summed E-state index contributed by atoms with van der Waals surface area (Å²) in [4.78, 5) is 0. The van der Waals surface area contributed by atoms with Crippen LogP contribution in [0.2, 0.25) is 0 Å². The molecule has 1 aromatic carbocycles. The Bertz CT molecular complexity index is 321. The molecule has 0 aromatic heterocycles. The van der Waals surface area contributed by atoms with Crippen molar-refractivity contribution < 1.29 is 4.74 Å². The third-order valence-corrected chi connectivity index (χ3v) is 3.57. The molecule has 0 bridgehead atoms. The van der Waals surface area contributed by atoms with E-state index in [9.17, 15) is 0 Å². The molecule has 2 heteroatoms. The van der Waals surface area contributed by atoms with Gasteiger partial charge in [0.05, 0.1) is 6.61 Å². The Balaban J connectivity index is 2.16. The highest BCUT2D eigenvalue weighted by atomic mass is 16.5. The zero-order valence-corrected chi connectivity index (χ0v) is 12.5. The van der Waals surface area contributed by atoms with Crippen LogP contribution in [-0.2, 0) is 0 Å². The van der Waals surface area contributed by atoms with E-state index in [-0.39, 0.29) is 0 Å². The Kier molecular flexibility index (Phi) is 8.31. The molecule has 0 saturated carbocycles. The standard InChI is InChI=1S/C17H29NO/c1-3-4-5-6-7-8-13-19-17-11-9-16(10-12-17)15(2)14-18/h9-12,15H,3-8,13-14,18H2,1-2H3. The van der Waals surface area contributed by atoms with Gasteiger partial charge in [0.1, 0.15) is 5.75 Å². The van der Waals surface area contributed by atoms with Gasteiger partial charge in [0, 0.05) is 0 Å². The summed E-state index contributed by atoms with van der Waals surface area (Å²) in [6, 6.07) is 8.35. The van der Waals surface area contributed by atoms with Crippen molar-refractivity contribution in [3.05, 3.63) is 29.8 Å². The van der Waals surface area contributed by atoms with Crippen LogP contribution in [0.3, 0.4) is 0 Å². The maximum atomic E-state index is 5.75. The Labute approximate surface area is 118 Å². The first kappa shape index (κ1) is 16.0. The van der Waals surface area contributed by atoms with Crippen LogP contribution in [0.5, 0.6) is 5.75 Å². The monoisotopic (exact) mass is 263 g/mol. The molecule has 0 amide bonds. The van der Waals surface area contributed by atoms with Crippen molar-refractivity contribution in [3.8, 4) is 5.75 Å². The lowest BCUT2D eigenvalue weighted by Crippen LogP contribution is -2.08. The van der Waals surface area contributed by atoms with Crippen molar-refractivity contribution in [2.24, 2.45) is 5.73 Å². The molecule has 0 fully saturated rings. The maximum absolute atomic E-state index is 5.75. The van der Waals surface area contributed by atoms with Gasteiger partial charge >= 0.3 is 0 Å². The lowest BCUT2D eigenvalue weighted by Gasteiger charge is -2.10. The van der Waals surface area contributed by atoms with E-state index in [4.69, 9.17) is 10.5 Å². The lowest BCUT2D eigenvalue weighted by molar-refractivity contribution is 0.304. The molecule has 0 spiro atoms. The second-order valence-corrected chi connectivity index (χ2v) is 5.32. The lowest BCUT2D eigenvalue weighted by atomic mass is 10.0. The van der Waals surface area contributed by atoms with E-state index < -0.39 is 0 Å². The molecule has 1 atom stereocenters. The third kappa shape index (κ3) is 6.63. The number of benzene rings is 1. The second kappa shape index (κ2) is 9.85. The zero-order chi connectivity index (χ0) is 13.9. The Morgan fingerprint density at radius 3 is 2.26 bits per heavy atom. The van der Waals surface area contributed by atoms with Gasteiger partial charge in [0.2, 0.25) is 0 Å². The molecule has 0 aliphatic carbocycles. The quantitative estimate of drug-likeness (QED) is 0.631. The summed E-state index contributed by atoms with van der Waals surface area (Å²) in [5.41, 5.74) is 6.95. The van der Waals surface area contributed by atoms with Crippen molar-refractivity contribution >= 4 is 0 Å². The average Bonchev–Trinajstić information content (AvgIpc) is 2.46. The summed E-state index contributed by atoms with van der Waals surface area (Å²) >= 11 is 0. The van der Waals surface area contributed by atoms with E-state index in [0.29, 0.717) is 12.5 Å². The fraction of sp³-hybridized carbons (Fsp3) is 0.647. The normalized spacial score (nSPS) is 12.4. The van der Waals surface area contributed by atoms with E-state index >= 15 is 0 Å². The van der Waals surface area contributed by atoms with Gasteiger partial charge in [-0.25, -0.2) is 0 Å². The van der Waals surface area contributed by atoms with Crippen molar-refractivity contribution in [1.29, 1.82) is 0 Å². The molecule has 0 saturated heterocycles. The fourth-order valence-electron chi connectivity index (χ4n) is 2.10. The van der Waals surface area contributed by atoms with Gasteiger partial charge in [0.25, 0.3) is 0 Å². The van der Waals surface area contributed by atoms with Crippen LogP contribution >= 0.6 is 0 Å². The number of hydrogen-bond donors (Lipinski definition) is 1. The molecule has 0 heterocycles. The van der Waals surface area contributed by atoms with Crippen LogP contribution < -0.4 is 10.5 Å². The number of nitrogens with two attached hydrogens (primary N) is 1. The van der Waals surface area contributed by atoms with Crippen LogP contribution in [0.4, 0.5) is 0 Å². The molecule has 108 valence electrons. The van der Waals surface area contributed by atoms with Crippen molar-refractivity contribution in [3.63, 3.8) is 0 Å². The second-order valence-electron chi connectivity index (χ2n) is 5.32. The first-order chi connectivity index (χ1) is 9.27. The molecule has 0 aliphatic heterocycles. The van der Waals surface area contributed by atoms with Gasteiger partial charge in [-0.2, -0.15) is 0 Å². The molecular weight excluding hydrogens is 234 g/mol. The van der Waals surface area contributed by atoms with Gasteiger partial charge in [-0.1, -0.05) is 58.1 Å². The molecule has 2 nitrogen and oxygen atoms in total. The van der Waals surface area contributed by atoms with E-state index in [2.05, 4.69) is 38.1 Å². The van der Waals surface area contributed by atoms with Crippen LogP contribution in [-0.4, -0.2) is 13.2 Å². The predicted molar refractivity (Wildman–Crippen MR) is 82.8 cm³/mol. The number of rotatable bonds is 10. The average molecular weight is 263 g/mol. The Morgan fingerprint density at radius 1 is 1.00 bits per heavy atom. The van der Waals surface area contributed by atoms with Crippen LogP contribution in [0.25, 0.3) is 0 Å². The minimum atomic E-state index is 0.424. The minimum absolute atomic E-state index is 0.424. The first-order valence-corrected chi connectivity index (χ1v) is 7.70. The van der Waals surface area contributed by atoms with E-state index in [1.54, 1.807) is 0 Å². The molecule has 1 aromatic rings. The van der Waals surface area contributed by atoms with Gasteiger partial charge in [-0.05, 0) is 36.6 Å². The highest BCUT2D eigenvalue weighted by Gasteiger charge is 2.02. The molecule has 19 heavy (non-hydrogen) atoms. The van der Waals surface area contributed by atoms with E-state index in [1.807, 2.05) is 0 Å². The smallest absolute Gasteiger partial charge is 0.119 e. The Morgan fingerprint density at radius 2 is 1.63 bits per heavy atom. The third-order valence-electron chi connectivity index (χ3n) is 3.57. The highest BCUT2D eigenvalue weighted by Crippen LogP contribution is 2.18. The first-order valence-electron chi connectivity index (χ1n) is 7.70. The summed E-state index contributed by atoms with van der Waals surface area (Å²) in [6.07, 6.45) is 7.81. The van der Waals surface area contributed by atoms with Gasteiger partial charge < -0.3 is 10.5 Å². The Hall–Kier alpha value is -1.02. The summed E-state index contributed by atoms with van der Waals surface area (Å²) < 4.78 is 5.75. The summed E-state index contributed by atoms with van der Waals surface area (Å²) in [6.45, 7) is 5.92. The van der Waals surface area contributed by atoms with Gasteiger partial charge in [0.15, 0.2) is 0 Å². The minimum Gasteiger partial charge on any atom is -0.494 e. The zero-order valence-electron chi connectivity index (χ0n) is 12.5. The van der Waals surface area contributed by atoms with Crippen LogP contribution in [0.15, 0.2) is 24.3 Å². The summed E-state index contributed by atoms with van der Waals surface area (Å²) in [5, 5.41) is 0. The highest BCUT2D eigenvalue weighted by molar-refractivity contribution is 5.29. The molecule has 0 radical (unpaired) electrons. The maximum Gasteiger partial charge on any atom is 0.119 e. The van der Waals surface area contributed by atoms with Gasteiger partial charge in [-0.3, -0.25) is 0 Å². The topological polar surface area (TPSA) is 35.2 Å². The number of hydrogen-bond acceptors (Lipinski definition) is 2. The van der Waals surface area contributed by atoms with Crippen molar-refractivity contribution in [2.45, 2.75) is 58.3 Å². The summed E-state index contributed by atoms with van der Waals surface area (Å²) in [7, 11) is 0. The molecule has 1 rings (SSSR count). The largest absolute Gasteiger partial charge is 0.494 e. The van der Waals surface area contributed by atoms with Crippen LogP contribution in [0.1, 0.15) is 63.9 Å². The van der Waals surface area contributed by atoms with E-state index in [0.717, 1.165) is 18.8 Å². The predicted octanol–water partition coefficient (Wildman–Crippen LogP) is 4.49. The molecule has 0 aliphatic rings. The number of ether oxygens (including phenoxy) is 1. The molecule has 1 unspecified atom stereocenters. The van der Waals surface area contributed by atoms with Gasteiger partial charge in [-0.15, -0.1) is 0 Å².